The minimum Gasteiger partial charge on any atom is -0.391 e. The Balaban J connectivity index is 1.49. The first-order chi connectivity index (χ1) is 13.8. The lowest BCUT2D eigenvalue weighted by atomic mass is 9.71. The van der Waals surface area contributed by atoms with Crippen molar-refractivity contribution in [3.8, 4) is 11.4 Å². The van der Waals surface area contributed by atoms with E-state index >= 15 is 0 Å². The van der Waals surface area contributed by atoms with E-state index in [9.17, 15) is 19.1 Å². The molecule has 2 fully saturated rings. The molecule has 2 amide bonds. The number of aliphatic hydroxyl groups is 1. The van der Waals surface area contributed by atoms with Gasteiger partial charge in [0.15, 0.2) is 0 Å². The number of piperidine rings is 2. The molecular weight excluding hydrogens is 375 g/mol. The van der Waals surface area contributed by atoms with Crippen LogP contribution in [0.5, 0.6) is 0 Å². The number of nitrogens with one attached hydrogen (secondary N) is 1. The molecule has 3 heterocycles. The molecule has 1 spiro atoms. The van der Waals surface area contributed by atoms with Gasteiger partial charge in [0.05, 0.1) is 11.5 Å². The van der Waals surface area contributed by atoms with Crippen molar-refractivity contribution in [2.24, 2.45) is 5.41 Å². The summed E-state index contributed by atoms with van der Waals surface area (Å²) in [6.07, 6.45) is 1.00. The second kappa shape index (κ2) is 7.26. The number of hydrogen-bond donors (Lipinski definition) is 2. The Morgan fingerprint density at radius 2 is 1.93 bits per heavy atom. The van der Waals surface area contributed by atoms with Crippen molar-refractivity contribution < 1.29 is 19.1 Å². The number of amides is 2. The largest absolute Gasteiger partial charge is 0.391 e. The number of rotatable bonds is 2. The summed E-state index contributed by atoms with van der Waals surface area (Å²) in [4.78, 5) is 36.6. The van der Waals surface area contributed by atoms with Crippen molar-refractivity contribution in [1.29, 1.82) is 0 Å². The molecule has 8 heteroatoms. The fourth-order valence-corrected chi connectivity index (χ4v) is 4.53. The molecule has 1 atom stereocenters. The van der Waals surface area contributed by atoms with Gasteiger partial charge in [-0.25, -0.2) is 9.37 Å². The molecule has 0 bridgehead atoms. The van der Waals surface area contributed by atoms with Gasteiger partial charge in [0.1, 0.15) is 17.3 Å². The van der Waals surface area contributed by atoms with Crippen molar-refractivity contribution in [3.63, 3.8) is 0 Å². The predicted octanol–water partition coefficient (Wildman–Crippen LogP) is 1.97. The molecule has 2 aliphatic rings. The summed E-state index contributed by atoms with van der Waals surface area (Å²) in [6.45, 7) is 3.04. The lowest BCUT2D eigenvalue weighted by Gasteiger charge is -2.46. The number of aromatic amines is 1. The summed E-state index contributed by atoms with van der Waals surface area (Å²) in [5.41, 5.74) is 1.12. The highest BCUT2D eigenvalue weighted by atomic mass is 19.1. The number of aryl methyl sites for hydroxylation is 1. The Morgan fingerprint density at radius 3 is 2.59 bits per heavy atom. The Kier molecular flexibility index (Phi) is 4.90. The first-order valence-electron chi connectivity index (χ1n) is 9.84. The zero-order chi connectivity index (χ0) is 20.8. The first kappa shape index (κ1) is 19.6. The second-order valence-electron chi connectivity index (χ2n) is 8.18. The average molecular weight is 400 g/mol. The molecule has 154 valence electrons. The molecule has 1 unspecified atom stereocenters. The highest BCUT2D eigenvalue weighted by Crippen LogP contribution is 2.41. The van der Waals surface area contributed by atoms with E-state index in [0.717, 1.165) is 0 Å². The van der Waals surface area contributed by atoms with E-state index in [0.29, 0.717) is 61.7 Å². The van der Waals surface area contributed by atoms with Crippen molar-refractivity contribution in [2.75, 3.05) is 26.7 Å². The van der Waals surface area contributed by atoms with E-state index in [-0.39, 0.29) is 17.6 Å². The van der Waals surface area contributed by atoms with Gasteiger partial charge in [-0.3, -0.25) is 9.59 Å². The standard InChI is InChI=1S/C21H25FN4O3/c1-13-17(24-18(23-13)14-3-5-15(22)6-4-14)19(28)26-9-7-21(8-10-26)11-16(27)12-25(2)20(21)29/h3-6,16,27H,7-12H2,1-2H3,(H,23,24). The van der Waals surface area contributed by atoms with E-state index < -0.39 is 11.5 Å². The molecule has 2 aromatic rings. The number of carbonyl (C=O) groups is 2. The normalized spacial score (nSPS) is 21.7. The Bertz CT molecular complexity index is 932. The van der Waals surface area contributed by atoms with Crippen LogP contribution >= 0.6 is 0 Å². The van der Waals surface area contributed by atoms with Gasteiger partial charge in [0.2, 0.25) is 5.91 Å². The molecule has 2 aliphatic heterocycles. The third-order valence-corrected chi connectivity index (χ3v) is 6.12. The molecular formula is C21H25FN4O3. The molecule has 0 saturated carbocycles. The maximum atomic E-state index is 13.2. The molecule has 0 aliphatic carbocycles. The summed E-state index contributed by atoms with van der Waals surface area (Å²) in [7, 11) is 1.72. The van der Waals surface area contributed by atoms with Crippen LogP contribution in [0.1, 0.15) is 35.4 Å². The number of β-amino-alcohol motifs (C(OH)–C–C–N with tert-alkyl or cyclic N) is 1. The summed E-state index contributed by atoms with van der Waals surface area (Å²) in [6, 6.07) is 5.93. The quantitative estimate of drug-likeness (QED) is 0.807. The third-order valence-electron chi connectivity index (χ3n) is 6.12. The highest BCUT2D eigenvalue weighted by Gasteiger charge is 2.48. The van der Waals surface area contributed by atoms with Gasteiger partial charge < -0.3 is 19.9 Å². The number of benzene rings is 1. The number of likely N-dealkylation sites (N-methyl/N-ethyl adjacent to an activating group) is 1. The van der Waals surface area contributed by atoms with Crippen LogP contribution in [0.3, 0.4) is 0 Å². The molecule has 0 radical (unpaired) electrons. The second-order valence-corrected chi connectivity index (χ2v) is 8.18. The number of H-pyrrole nitrogens is 1. The van der Waals surface area contributed by atoms with Crippen molar-refractivity contribution in [1.82, 2.24) is 19.8 Å². The fourth-order valence-electron chi connectivity index (χ4n) is 4.53. The smallest absolute Gasteiger partial charge is 0.274 e. The predicted molar refractivity (Wildman–Crippen MR) is 105 cm³/mol. The van der Waals surface area contributed by atoms with E-state index in [1.807, 2.05) is 0 Å². The Hall–Kier alpha value is -2.74. The lowest BCUT2D eigenvalue weighted by Crippen LogP contribution is -2.56. The number of hydrogen-bond acceptors (Lipinski definition) is 4. The molecule has 4 rings (SSSR count). The van der Waals surface area contributed by atoms with Gasteiger partial charge in [-0.05, 0) is 50.5 Å². The van der Waals surface area contributed by atoms with E-state index in [1.165, 1.54) is 12.1 Å². The maximum Gasteiger partial charge on any atom is 0.274 e. The number of carbonyl (C=O) groups excluding carboxylic acids is 2. The van der Waals surface area contributed by atoms with Crippen LogP contribution in [0.2, 0.25) is 0 Å². The number of halogens is 1. The topological polar surface area (TPSA) is 89.5 Å². The minimum absolute atomic E-state index is 0.0597. The molecule has 7 nitrogen and oxygen atoms in total. The van der Waals surface area contributed by atoms with Crippen LogP contribution in [0.25, 0.3) is 11.4 Å². The minimum atomic E-state index is -0.580. The zero-order valence-electron chi connectivity index (χ0n) is 16.6. The zero-order valence-corrected chi connectivity index (χ0v) is 16.6. The van der Waals surface area contributed by atoms with Crippen molar-refractivity contribution >= 4 is 11.8 Å². The molecule has 2 N–H and O–H groups in total. The number of imidazole rings is 1. The summed E-state index contributed by atoms with van der Waals surface area (Å²) in [5, 5.41) is 10.1. The van der Waals surface area contributed by atoms with E-state index in [4.69, 9.17) is 0 Å². The van der Waals surface area contributed by atoms with Gasteiger partial charge >= 0.3 is 0 Å². The van der Waals surface area contributed by atoms with Crippen LogP contribution < -0.4 is 0 Å². The van der Waals surface area contributed by atoms with Crippen LogP contribution in [-0.2, 0) is 4.79 Å². The average Bonchev–Trinajstić information content (AvgIpc) is 3.08. The van der Waals surface area contributed by atoms with Gasteiger partial charge in [0.25, 0.3) is 5.91 Å². The van der Waals surface area contributed by atoms with Gasteiger partial charge in [-0.15, -0.1) is 0 Å². The number of nitrogens with zero attached hydrogens (tertiary/aromatic N) is 3. The third kappa shape index (κ3) is 3.53. The van der Waals surface area contributed by atoms with E-state index in [2.05, 4.69) is 9.97 Å². The van der Waals surface area contributed by atoms with Crippen molar-refractivity contribution in [2.45, 2.75) is 32.3 Å². The summed E-state index contributed by atoms with van der Waals surface area (Å²) < 4.78 is 13.2. The first-order valence-corrected chi connectivity index (χ1v) is 9.84. The SMILES string of the molecule is Cc1[nH]c(-c2ccc(F)cc2)nc1C(=O)N1CCC2(CC1)CC(O)CN(C)C2=O. The maximum absolute atomic E-state index is 13.2. The van der Waals surface area contributed by atoms with Gasteiger partial charge in [0, 0.05) is 37.9 Å². The molecule has 2 saturated heterocycles. The summed E-state index contributed by atoms with van der Waals surface area (Å²) >= 11 is 0. The van der Waals surface area contributed by atoms with Crippen LogP contribution in [-0.4, -0.2) is 69.5 Å². The highest BCUT2D eigenvalue weighted by molar-refractivity contribution is 5.94. The van der Waals surface area contributed by atoms with Crippen LogP contribution in [0.15, 0.2) is 24.3 Å². The lowest BCUT2D eigenvalue weighted by molar-refractivity contribution is -0.154. The number of aromatic nitrogens is 2. The Labute approximate surface area is 168 Å². The van der Waals surface area contributed by atoms with Gasteiger partial charge in [-0.1, -0.05) is 0 Å². The monoisotopic (exact) mass is 400 g/mol. The van der Waals surface area contributed by atoms with E-state index in [1.54, 1.807) is 35.9 Å². The number of likely N-dealkylation sites (tertiary alicyclic amines) is 2. The Morgan fingerprint density at radius 1 is 1.28 bits per heavy atom. The van der Waals surface area contributed by atoms with Crippen molar-refractivity contribution in [3.05, 3.63) is 41.5 Å². The fraction of sp³-hybridized carbons (Fsp3) is 0.476. The summed E-state index contributed by atoms with van der Waals surface area (Å²) in [5.74, 6) is 0.0682. The van der Waals surface area contributed by atoms with Crippen LogP contribution in [0.4, 0.5) is 4.39 Å². The molecule has 1 aromatic carbocycles. The van der Waals surface area contributed by atoms with Crippen LogP contribution in [0, 0.1) is 18.2 Å². The van der Waals surface area contributed by atoms with Gasteiger partial charge in [-0.2, -0.15) is 0 Å². The number of aliphatic hydroxyl groups excluding tert-OH is 1. The molecule has 29 heavy (non-hydrogen) atoms. The molecule has 1 aromatic heterocycles.